The van der Waals surface area contributed by atoms with E-state index in [1.807, 2.05) is 12.1 Å². The van der Waals surface area contributed by atoms with Crippen LogP contribution in [0.1, 0.15) is 107 Å². The number of rotatable bonds is 8. The van der Waals surface area contributed by atoms with E-state index in [0.717, 1.165) is 31.1 Å². The molecule has 0 spiro atoms. The standard InChI is InChI=1S/C26H38O2/c1-3-4-5-6-7-21-10-18-25(19-11-21)28-26(27)24-16-14-23(15-17-24)22-12-8-20(2)9-13-22/h12,14-17,20-21,25H,3-11,13,18-19H2,1-2H3/t20?,21-,25-. The quantitative estimate of drug-likeness (QED) is 0.342. The smallest absolute Gasteiger partial charge is 0.338 e. The van der Waals surface area contributed by atoms with E-state index in [0.29, 0.717) is 5.56 Å². The molecule has 1 fully saturated rings. The van der Waals surface area contributed by atoms with Crippen molar-refractivity contribution < 1.29 is 9.53 Å². The van der Waals surface area contributed by atoms with Crippen molar-refractivity contribution in [2.24, 2.45) is 11.8 Å². The Morgan fingerprint density at radius 1 is 1.00 bits per heavy atom. The summed E-state index contributed by atoms with van der Waals surface area (Å²) < 4.78 is 5.81. The lowest BCUT2D eigenvalue weighted by Crippen LogP contribution is -2.24. The van der Waals surface area contributed by atoms with Crippen LogP contribution in [0.15, 0.2) is 30.3 Å². The third kappa shape index (κ3) is 6.22. The topological polar surface area (TPSA) is 26.3 Å². The van der Waals surface area contributed by atoms with E-state index in [4.69, 9.17) is 4.74 Å². The summed E-state index contributed by atoms with van der Waals surface area (Å²) in [6, 6.07) is 8.06. The number of carbonyl (C=O) groups excluding carboxylic acids is 1. The van der Waals surface area contributed by atoms with Crippen molar-refractivity contribution in [2.75, 3.05) is 0 Å². The van der Waals surface area contributed by atoms with E-state index in [-0.39, 0.29) is 12.1 Å². The SMILES string of the molecule is CCCCCC[C@H]1CC[C@H](OC(=O)c2ccc(C3=CCC(C)CC3)cc2)CC1. The van der Waals surface area contributed by atoms with Crippen LogP contribution in [-0.2, 0) is 4.74 Å². The van der Waals surface area contributed by atoms with Gasteiger partial charge >= 0.3 is 5.97 Å². The van der Waals surface area contributed by atoms with Crippen LogP contribution >= 0.6 is 0 Å². The van der Waals surface area contributed by atoms with Gasteiger partial charge in [0.2, 0.25) is 0 Å². The number of allylic oxidation sites excluding steroid dienone is 2. The molecule has 1 unspecified atom stereocenters. The molecule has 2 nitrogen and oxygen atoms in total. The summed E-state index contributed by atoms with van der Waals surface area (Å²) in [5.74, 6) is 1.49. The Morgan fingerprint density at radius 2 is 1.75 bits per heavy atom. The summed E-state index contributed by atoms with van der Waals surface area (Å²) in [5.41, 5.74) is 3.37. The first kappa shape index (κ1) is 21.1. The zero-order valence-electron chi connectivity index (χ0n) is 17.9. The Balaban J connectivity index is 1.43. The van der Waals surface area contributed by atoms with Gasteiger partial charge in [0, 0.05) is 0 Å². The predicted molar refractivity (Wildman–Crippen MR) is 117 cm³/mol. The fraction of sp³-hybridized carbons (Fsp3) is 0.654. The molecular weight excluding hydrogens is 344 g/mol. The molecule has 2 heteroatoms. The molecule has 0 aliphatic heterocycles. The molecule has 1 saturated carbocycles. The average Bonchev–Trinajstić information content (AvgIpc) is 2.73. The second-order valence-electron chi connectivity index (χ2n) is 9.08. The first-order chi connectivity index (χ1) is 13.7. The minimum absolute atomic E-state index is 0.113. The third-order valence-electron chi connectivity index (χ3n) is 6.70. The molecule has 154 valence electrons. The maximum atomic E-state index is 12.5. The van der Waals surface area contributed by atoms with Gasteiger partial charge in [-0.1, -0.05) is 64.2 Å². The summed E-state index contributed by atoms with van der Waals surface area (Å²) in [7, 11) is 0. The molecule has 0 saturated heterocycles. The fourth-order valence-electron chi connectivity index (χ4n) is 4.67. The second kappa shape index (κ2) is 10.8. The molecule has 0 radical (unpaired) electrons. The molecule has 0 amide bonds. The van der Waals surface area contributed by atoms with E-state index in [1.54, 1.807) is 0 Å². The number of hydrogen-bond donors (Lipinski definition) is 0. The Kier molecular flexibility index (Phi) is 8.18. The van der Waals surface area contributed by atoms with Crippen LogP contribution in [0.4, 0.5) is 0 Å². The maximum Gasteiger partial charge on any atom is 0.338 e. The Labute approximate surface area is 171 Å². The van der Waals surface area contributed by atoms with Gasteiger partial charge in [0.25, 0.3) is 0 Å². The summed E-state index contributed by atoms with van der Waals surface area (Å²) in [5, 5.41) is 0. The number of carbonyl (C=O) groups is 1. The molecule has 1 atom stereocenters. The van der Waals surface area contributed by atoms with Gasteiger partial charge in [-0.25, -0.2) is 4.79 Å². The molecule has 3 rings (SSSR count). The predicted octanol–water partition coefficient (Wildman–Crippen LogP) is 7.58. The van der Waals surface area contributed by atoms with Crippen molar-refractivity contribution >= 4 is 11.5 Å². The van der Waals surface area contributed by atoms with Crippen LogP contribution in [0.25, 0.3) is 5.57 Å². The largest absolute Gasteiger partial charge is 0.459 e. The molecular formula is C26H38O2. The normalized spacial score (nSPS) is 25.2. The highest BCUT2D eigenvalue weighted by atomic mass is 16.5. The van der Waals surface area contributed by atoms with Gasteiger partial charge in [-0.15, -0.1) is 0 Å². The number of benzene rings is 1. The zero-order valence-corrected chi connectivity index (χ0v) is 17.9. The van der Waals surface area contributed by atoms with Crippen LogP contribution in [0.2, 0.25) is 0 Å². The third-order valence-corrected chi connectivity index (χ3v) is 6.70. The van der Waals surface area contributed by atoms with Crippen LogP contribution < -0.4 is 0 Å². The first-order valence-electron chi connectivity index (χ1n) is 11.7. The van der Waals surface area contributed by atoms with E-state index in [1.165, 1.54) is 68.9 Å². The molecule has 0 heterocycles. The minimum Gasteiger partial charge on any atom is -0.459 e. The average molecular weight is 383 g/mol. The number of ether oxygens (including phenoxy) is 1. The van der Waals surface area contributed by atoms with E-state index < -0.39 is 0 Å². The summed E-state index contributed by atoms with van der Waals surface area (Å²) in [6.45, 7) is 4.58. The molecule has 2 aliphatic carbocycles. The van der Waals surface area contributed by atoms with Crippen molar-refractivity contribution in [3.63, 3.8) is 0 Å². The minimum atomic E-state index is -0.149. The second-order valence-corrected chi connectivity index (χ2v) is 9.08. The van der Waals surface area contributed by atoms with E-state index in [9.17, 15) is 4.79 Å². The summed E-state index contributed by atoms with van der Waals surface area (Å²) in [6.07, 6.45) is 17.3. The lowest BCUT2D eigenvalue weighted by Gasteiger charge is -2.28. The van der Waals surface area contributed by atoms with Gasteiger partial charge in [-0.3, -0.25) is 0 Å². The van der Waals surface area contributed by atoms with Gasteiger partial charge in [-0.05, 0) is 80.1 Å². The Morgan fingerprint density at radius 3 is 2.39 bits per heavy atom. The summed E-state index contributed by atoms with van der Waals surface area (Å²) >= 11 is 0. The first-order valence-corrected chi connectivity index (χ1v) is 11.7. The molecule has 28 heavy (non-hydrogen) atoms. The van der Waals surface area contributed by atoms with Crippen LogP contribution in [-0.4, -0.2) is 12.1 Å². The molecule has 1 aromatic rings. The monoisotopic (exact) mass is 382 g/mol. The van der Waals surface area contributed by atoms with Crippen LogP contribution in [0.5, 0.6) is 0 Å². The van der Waals surface area contributed by atoms with Gasteiger partial charge in [0.05, 0.1) is 5.56 Å². The van der Waals surface area contributed by atoms with Gasteiger partial charge in [-0.2, -0.15) is 0 Å². The van der Waals surface area contributed by atoms with E-state index in [2.05, 4.69) is 32.1 Å². The van der Waals surface area contributed by atoms with Crippen LogP contribution in [0.3, 0.4) is 0 Å². The lowest BCUT2D eigenvalue weighted by molar-refractivity contribution is 0.0161. The van der Waals surface area contributed by atoms with Crippen LogP contribution in [0, 0.1) is 11.8 Å². The number of hydrogen-bond acceptors (Lipinski definition) is 2. The van der Waals surface area contributed by atoms with Gasteiger partial charge in [0.1, 0.15) is 6.10 Å². The van der Waals surface area contributed by atoms with E-state index >= 15 is 0 Å². The van der Waals surface area contributed by atoms with Crippen molar-refractivity contribution in [2.45, 2.75) is 97.0 Å². The molecule has 2 aliphatic rings. The highest BCUT2D eigenvalue weighted by molar-refractivity contribution is 5.90. The van der Waals surface area contributed by atoms with Crippen molar-refractivity contribution in [1.29, 1.82) is 0 Å². The highest BCUT2D eigenvalue weighted by Gasteiger charge is 2.24. The van der Waals surface area contributed by atoms with Crippen molar-refractivity contribution in [3.05, 3.63) is 41.5 Å². The maximum absolute atomic E-state index is 12.5. The Bertz CT molecular complexity index is 635. The Hall–Kier alpha value is -1.57. The highest BCUT2D eigenvalue weighted by Crippen LogP contribution is 2.32. The number of esters is 1. The van der Waals surface area contributed by atoms with Gasteiger partial charge < -0.3 is 4.74 Å². The van der Waals surface area contributed by atoms with Crippen molar-refractivity contribution in [3.8, 4) is 0 Å². The zero-order chi connectivity index (χ0) is 19.8. The molecule has 1 aromatic carbocycles. The molecule has 0 N–H and O–H groups in total. The fourth-order valence-corrected chi connectivity index (χ4v) is 4.67. The lowest BCUT2D eigenvalue weighted by atomic mass is 9.84. The van der Waals surface area contributed by atoms with Crippen molar-refractivity contribution in [1.82, 2.24) is 0 Å². The molecule has 0 bridgehead atoms. The summed E-state index contributed by atoms with van der Waals surface area (Å²) in [4.78, 5) is 12.5. The number of unbranched alkanes of at least 4 members (excludes halogenated alkanes) is 3. The molecule has 0 aromatic heterocycles. The van der Waals surface area contributed by atoms with Gasteiger partial charge in [0.15, 0.2) is 0 Å².